The van der Waals surface area contributed by atoms with Crippen LogP contribution < -0.4 is 5.32 Å². The molecular formula is C20H18ClFN4O2. The molecule has 0 aliphatic carbocycles. The highest BCUT2D eigenvalue weighted by Crippen LogP contribution is 2.28. The van der Waals surface area contributed by atoms with Gasteiger partial charge in [0.15, 0.2) is 0 Å². The first-order chi connectivity index (χ1) is 13.6. The lowest BCUT2D eigenvalue weighted by molar-refractivity contribution is 0.184. The van der Waals surface area contributed by atoms with Crippen molar-refractivity contribution in [1.82, 2.24) is 15.0 Å². The van der Waals surface area contributed by atoms with Gasteiger partial charge in [-0.25, -0.2) is 9.18 Å². The molecule has 2 aromatic carbocycles. The molecule has 1 aliphatic rings. The zero-order chi connectivity index (χ0) is 19.5. The molecule has 1 aliphatic heterocycles. The molecule has 0 spiro atoms. The second-order valence-corrected chi connectivity index (χ2v) is 7.13. The van der Waals surface area contributed by atoms with Crippen LogP contribution in [0.3, 0.4) is 0 Å². The molecule has 0 saturated carbocycles. The molecule has 0 bridgehead atoms. The second kappa shape index (κ2) is 7.98. The minimum Gasteiger partial charge on any atom is -0.339 e. The van der Waals surface area contributed by atoms with E-state index in [0.29, 0.717) is 41.1 Å². The molecule has 1 saturated heterocycles. The van der Waals surface area contributed by atoms with Gasteiger partial charge in [-0.2, -0.15) is 4.98 Å². The molecule has 4 rings (SSSR count). The Labute approximate surface area is 166 Å². The van der Waals surface area contributed by atoms with Crippen LogP contribution in [-0.4, -0.2) is 34.2 Å². The Morgan fingerprint density at radius 3 is 2.86 bits per heavy atom. The van der Waals surface area contributed by atoms with E-state index in [1.54, 1.807) is 41.3 Å². The largest absolute Gasteiger partial charge is 0.339 e. The summed E-state index contributed by atoms with van der Waals surface area (Å²) in [6.07, 6.45) is 1.69. The molecule has 1 N–H and O–H groups in total. The fourth-order valence-corrected chi connectivity index (χ4v) is 3.44. The standard InChI is InChI=1S/C20H18ClFN4O2/c21-15-4-1-5-17(11-15)23-20(27)26-10-2-3-14(12-26)19-24-18(25-28-19)13-6-8-16(22)9-7-13/h1,4-9,11,14H,2-3,10,12H2,(H,23,27)/t14-/m0/s1. The maximum Gasteiger partial charge on any atom is 0.321 e. The van der Waals surface area contributed by atoms with Crippen LogP contribution in [0.15, 0.2) is 53.1 Å². The SMILES string of the molecule is O=C(Nc1cccc(Cl)c1)N1CCC[C@H](c2nc(-c3ccc(F)cc3)no2)C1. The van der Waals surface area contributed by atoms with E-state index in [4.69, 9.17) is 16.1 Å². The smallest absolute Gasteiger partial charge is 0.321 e. The van der Waals surface area contributed by atoms with Crippen LogP contribution in [0.25, 0.3) is 11.4 Å². The van der Waals surface area contributed by atoms with E-state index in [1.807, 2.05) is 0 Å². The second-order valence-electron chi connectivity index (χ2n) is 6.69. The molecule has 2 amide bonds. The topological polar surface area (TPSA) is 71.3 Å². The number of amides is 2. The molecule has 1 aromatic heterocycles. The lowest BCUT2D eigenvalue weighted by Crippen LogP contribution is -2.41. The van der Waals surface area contributed by atoms with E-state index in [9.17, 15) is 9.18 Å². The van der Waals surface area contributed by atoms with E-state index < -0.39 is 0 Å². The summed E-state index contributed by atoms with van der Waals surface area (Å²) in [5.41, 5.74) is 1.33. The highest BCUT2D eigenvalue weighted by molar-refractivity contribution is 6.30. The highest BCUT2D eigenvalue weighted by Gasteiger charge is 2.28. The van der Waals surface area contributed by atoms with E-state index >= 15 is 0 Å². The fourth-order valence-electron chi connectivity index (χ4n) is 3.25. The number of carbonyl (C=O) groups is 1. The van der Waals surface area contributed by atoms with Crippen molar-refractivity contribution in [2.24, 2.45) is 0 Å². The predicted molar refractivity (Wildman–Crippen MR) is 104 cm³/mol. The Morgan fingerprint density at radius 1 is 1.25 bits per heavy atom. The number of nitrogens with one attached hydrogen (secondary N) is 1. The fraction of sp³-hybridized carbons (Fsp3) is 0.250. The molecule has 6 nitrogen and oxygen atoms in total. The van der Waals surface area contributed by atoms with Gasteiger partial charge in [0.2, 0.25) is 11.7 Å². The van der Waals surface area contributed by atoms with E-state index in [2.05, 4.69) is 15.5 Å². The average molecular weight is 401 g/mol. The first-order valence-corrected chi connectivity index (χ1v) is 9.37. The molecule has 8 heteroatoms. The number of carbonyl (C=O) groups excluding carboxylic acids is 1. The van der Waals surface area contributed by atoms with Gasteiger partial charge in [0.1, 0.15) is 5.82 Å². The van der Waals surface area contributed by atoms with Crippen LogP contribution in [-0.2, 0) is 0 Å². The monoisotopic (exact) mass is 400 g/mol. The van der Waals surface area contributed by atoms with Crippen LogP contribution in [0.4, 0.5) is 14.9 Å². The van der Waals surface area contributed by atoms with Crippen LogP contribution in [0.1, 0.15) is 24.7 Å². The maximum atomic E-state index is 13.1. The van der Waals surface area contributed by atoms with Gasteiger partial charge in [-0.05, 0) is 55.3 Å². The van der Waals surface area contributed by atoms with Crippen LogP contribution in [0, 0.1) is 5.82 Å². The first-order valence-electron chi connectivity index (χ1n) is 8.99. The van der Waals surface area contributed by atoms with E-state index in [1.165, 1.54) is 12.1 Å². The zero-order valence-electron chi connectivity index (χ0n) is 14.9. The van der Waals surface area contributed by atoms with Crippen molar-refractivity contribution >= 4 is 23.3 Å². The van der Waals surface area contributed by atoms with Crippen molar-refractivity contribution in [3.05, 3.63) is 65.3 Å². The number of hydrogen-bond acceptors (Lipinski definition) is 4. The molecule has 2 heterocycles. The number of anilines is 1. The number of likely N-dealkylation sites (tertiary alicyclic amines) is 1. The summed E-state index contributed by atoms with van der Waals surface area (Å²) < 4.78 is 18.5. The van der Waals surface area contributed by atoms with Gasteiger partial charge >= 0.3 is 6.03 Å². The predicted octanol–water partition coefficient (Wildman–Crippen LogP) is 4.94. The van der Waals surface area contributed by atoms with E-state index in [-0.39, 0.29) is 17.8 Å². The number of aromatic nitrogens is 2. The summed E-state index contributed by atoms with van der Waals surface area (Å²) in [7, 11) is 0. The van der Waals surface area contributed by atoms with Crippen molar-refractivity contribution in [1.29, 1.82) is 0 Å². The van der Waals surface area contributed by atoms with Crippen molar-refractivity contribution < 1.29 is 13.7 Å². The summed E-state index contributed by atoms with van der Waals surface area (Å²) in [4.78, 5) is 18.8. The minimum absolute atomic E-state index is 0.0411. The lowest BCUT2D eigenvalue weighted by atomic mass is 9.98. The van der Waals surface area contributed by atoms with Crippen molar-refractivity contribution in [2.75, 3.05) is 18.4 Å². The van der Waals surface area contributed by atoms with Crippen molar-refractivity contribution in [3.63, 3.8) is 0 Å². The maximum absolute atomic E-state index is 13.1. The Bertz CT molecular complexity index is 976. The van der Waals surface area contributed by atoms with Gasteiger partial charge in [0.05, 0.1) is 5.92 Å². The number of piperidine rings is 1. The molecule has 1 fully saturated rings. The lowest BCUT2D eigenvalue weighted by Gasteiger charge is -2.31. The summed E-state index contributed by atoms with van der Waals surface area (Å²) in [6.45, 7) is 1.14. The van der Waals surface area contributed by atoms with E-state index in [0.717, 1.165) is 12.8 Å². The molecule has 0 unspecified atom stereocenters. The first kappa shape index (κ1) is 18.4. The van der Waals surface area contributed by atoms with Crippen molar-refractivity contribution in [2.45, 2.75) is 18.8 Å². The zero-order valence-corrected chi connectivity index (χ0v) is 15.7. The number of rotatable bonds is 3. The summed E-state index contributed by atoms with van der Waals surface area (Å²) >= 11 is 5.97. The third-order valence-electron chi connectivity index (χ3n) is 4.68. The Hall–Kier alpha value is -2.93. The minimum atomic E-state index is -0.318. The third kappa shape index (κ3) is 4.14. The van der Waals surface area contributed by atoms with Gasteiger partial charge in [-0.3, -0.25) is 0 Å². The normalized spacial score (nSPS) is 16.8. The quantitative estimate of drug-likeness (QED) is 0.675. The molecule has 0 radical (unpaired) electrons. The van der Waals surface area contributed by atoms with Crippen LogP contribution in [0.2, 0.25) is 5.02 Å². The highest BCUT2D eigenvalue weighted by atomic mass is 35.5. The Balaban J connectivity index is 1.43. The molecular weight excluding hydrogens is 383 g/mol. The van der Waals surface area contributed by atoms with Gasteiger partial charge in [-0.15, -0.1) is 0 Å². The number of nitrogens with zero attached hydrogens (tertiary/aromatic N) is 3. The molecule has 144 valence electrons. The number of hydrogen-bond donors (Lipinski definition) is 1. The summed E-state index contributed by atoms with van der Waals surface area (Å²) in [5, 5.41) is 7.42. The number of urea groups is 1. The summed E-state index contributed by atoms with van der Waals surface area (Å²) in [5.74, 6) is 0.539. The van der Waals surface area contributed by atoms with Crippen molar-refractivity contribution in [3.8, 4) is 11.4 Å². The molecule has 28 heavy (non-hydrogen) atoms. The third-order valence-corrected chi connectivity index (χ3v) is 4.91. The van der Waals surface area contributed by atoms with Gasteiger partial charge in [0, 0.05) is 29.4 Å². The average Bonchev–Trinajstić information content (AvgIpc) is 3.19. The van der Waals surface area contributed by atoms with Gasteiger partial charge < -0.3 is 14.7 Å². The molecule has 1 atom stereocenters. The van der Waals surface area contributed by atoms with Gasteiger partial charge in [-0.1, -0.05) is 22.8 Å². The summed E-state index contributed by atoms with van der Waals surface area (Å²) in [6, 6.07) is 12.8. The Kier molecular flexibility index (Phi) is 5.25. The van der Waals surface area contributed by atoms with Crippen LogP contribution in [0.5, 0.6) is 0 Å². The van der Waals surface area contributed by atoms with Crippen LogP contribution >= 0.6 is 11.6 Å². The molecule has 3 aromatic rings. The number of benzene rings is 2. The van der Waals surface area contributed by atoms with Gasteiger partial charge in [0.25, 0.3) is 0 Å². The Morgan fingerprint density at radius 2 is 2.07 bits per heavy atom. The number of halogens is 2.